The number of halogens is 2. The molecular weight excluding hydrogens is 561 g/mol. The number of phenolic OH excluding ortho intramolecular Hbond substituents is 1. The molecule has 0 spiro atoms. The number of aromatic nitrogens is 2. The molecule has 9 heteroatoms. The summed E-state index contributed by atoms with van der Waals surface area (Å²) in [4.78, 5) is 15.6. The molecule has 0 saturated carbocycles. The summed E-state index contributed by atoms with van der Waals surface area (Å²) in [5, 5.41) is 19.0. The van der Waals surface area contributed by atoms with E-state index in [0.717, 1.165) is 16.7 Å². The van der Waals surface area contributed by atoms with Crippen molar-refractivity contribution in [2.45, 2.75) is 19.2 Å². The number of carbonyl (C=O) groups excluding carboxylic acids is 1. The van der Waals surface area contributed by atoms with Gasteiger partial charge < -0.3 is 19.5 Å². The van der Waals surface area contributed by atoms with E-state index in [-0.39, 0.29) is 18.2 Å². The highest BCUT2D eigenvalue weighted by atomic mass is 35.5. The molecule has 7 nitrogen and oxygen atoms in total. The molecule has 6 rings (SSSR count). The van der Waals surface area contributed by atoms with Crippen LogP contribution >= 0.6 is 23.2 Å². The number of carbonyl (C=O) groups is 1. The molecule has 1 atom stereocenters. The van der Waals surface area contributed by atoms with Crippen molar-refractivity contribution < 1.29 is 19.4 Å². The number of phenols is 1. The molecule has 2 heterocycles. The molecule has 2 N–H and O–H groups in total. The van der Waals surface area contributed by atoms with Crippen LogP contribution in [0.2, 0.25) is 10.0 Å². The second-order valence-corrected chi connectivity index (χ2v) is 10.5. The number of benzene rings is 4. The van der Waals surface area contributed by atoms with Crippen LogP contribution in [0.1, 0.15) is 38.8 Å². The number of H-pyrrole nitrogens is 1. The zero-order valence-electron chi connectivity index (χ0n) is 22.0. The van der Waals surface area contributed by atoms with Crippen molar-refractivity contribution in [3.05, 3.63) is 129 Å². The third kappa shape index (κ3) is 5.10. The lowest BCUT2D eigenvalue weighted by molar-refractivity contribution is 0.0730. The summed E-state index contributed by atoms with van der Waals surface area (Å²) >= 11 is 12.8. The second-order valence-electron chi connectivity index (χ2n) is 9.63. The first-order valence-corrected chi connectivity index (χ1v) is 13.7. The summed E-state index contributed by atoms with van der Waals surface area (Å²) in [6.45, 7) is 0.627. The van der Waals surface area contributed by atoms with Crippen LogP contribution in [-0.2, 0) is 13.2 Å². The number of aromatic hydroxyl groups is 1. The Hall–Kier alpha value is -4.46. The van der Waals surface area contributed by atoms with E-state index in [1.54, 1.807) is 30.2 Å². The highest BCUT2D eigenvalue weighted by Crippen LogP contribution is 2.47. The van der Waals surface area contributed by atoms with E-state index in [1.165, 1.54) is 6.07 Å². The molecule has 0 saturated heterocycles. The molecule has 0 fully saturated rings. The quantitative estimate of drug-likeness (QED) is 0.198. The van der Waals surface area contributed by atoms with Crippen LogP contribution in [0.25, 0.3) is 11.3 Å². The Morgan fingerprint density at radius 3 is 2.51 bits per heavy atom. The highest BCUT2D eigenvalue weighted by molar-refractivity contribution is 6.31. The van der Waals surface area contributed by atoms with Gasteiger partial charge in [-0.05, 0) is 53.1 Å². The zero-order chi connectivity index (χ0) is 28.5. The molecule has 0 bridgehead atoms. The number of rotatable bonds is 8. The van der Waals surface area contributed by atoms with Crippen molar-refractivity contribution in [1.29, 1.82) is 0 Å². The van der Waals surface area contributed by atoms with Gasteiger partial charge in [-0.15, -0.1) is 0 Å². The summed E-state index contributed by atoms with van der Waals surface area (Å²) in [6, 6.07) is 27.0. The van der Waals surface area contributed by atoms with Gasteiger partial charge in [-0.2, -0.15) is 5.10 Å². The van der Waals surface area contributed by atoms with Gasteiger partial charge >= 0.3 is 0 Å². The maximum absolute atomic E-state index is 13.8. The predicted molar refractivity (Wildman–Crippen MR) is 158 cm³/mol. The Morgan fingerprint density at radius 1 is 0.951 bits per heavy atom. The number of amides is 1. The summed E-state index contributed by atoms with van der Waals surface area (Å²) in [5.74, 6) is 0.852. The van der Waals surface area contributed by atoms with Gasteiger partial charge in [0.25, 0.3) is 5.91 Å². The number of fused-ring (bicyclic) bond motifs is 1. The first kappa shape index (κ1) is 26.7. The smallest absolute Gasteiger partial charge is 0.273 e. The standard InChI is InChI=1S/C32H25Cl2N3O4/c1-40-27-15-20(11-14-26(27)41-18-19-7-3-2-4-8-19)31-28-29(23-16-22(33)12-13-25(23)38)35-36-30(28)32(39)37(31)17-21-9-5-6-10-24(21)34/h2-16,31,38H,17-18H2,1H3,(H,35,36). The van der Waals surface area contributed by atoms with E-state index < -0.39 is 6.04 Å². The van der Waals surface area contributed by atoms with Gasteiger partial charge in [0, 0.05) is 27.7 Å². The van der Waals surface area contributed by atoms with Crippen LogP contribution < -0.4 is 9.47 Å². The van der Waals surface area contributed by atoms with E-state index >= 15 is 0 Å². The average Bonchev–Trinajstić information content (AvgIpc) is 3.53. The van der Waals surface area contributed by atoms with Crippen molar-refractivity contribution >= 4 is 29.1 Å². The average molecular weight is 586 g/mol. The van der Waals surface area contributed by atoms with Gasteiger partial charge in [0.05, 0.1) is 13.2 Å². The third-order valence-corrected chi connectivity index (χ3v) is 7.72. The van der Waals surface area contributed by atoms with Gasteiger partial charge in [0.2, 0.25) is 0 Å². The Labute approximate surface area is 246 Å². The number of nitrogens with one attached hydrogen (secondary N) is 1. The summed E-state index contributed by atoms with van der Waals surface area (Å²) < 4.78 is 11.8. The van der Waals surface area contributed by atoms with Crippen molar-refractivity contribution in [2.24, 2.45) is 0 Å². The van der Waals surface area contributed by atoms with Crippen LogP contribution in [0, 0.1) is 0 Å². The lowest BCUT2D eigenvalue weighted by Gasteiger charge is -2.27. The molecule has 1 aliphatic rings. The summed E-state index contributed by atoms with van der Waals surface area (Å²) in [7, 11) is 1.58. The third-order valence-electron chi connectivity index (χ3n) is 7.12. The topological polar surface area (TPSA) is 87.7 Å². The van der Waals surface area contributed by atoms with Gasteiger partial charge in [-0.3, -0.25) is 9.89 Å². The first-order valence-electron chi connectivity index (χ1n) is 12.9. The molecular formula is C32H25Cl2N3O4. The summed E-state index contributed by atoms with van der Waals surface area (Å²) in [5.41, 5.74) is 4.41. The maximum atomic E-state index is 13.8. The number of ether oxygens (including phenoxy) is 2. The van der Waals surface area contributed by atoms with Crippen LogP contribution in [0.15, 0.2) is 91.0 Å². The van der Waals surface area contributed by atoms with E-state index in [9.17, 15) is 9.90 Å². The largest absolute Gasteiger partial charge is 0.507 e. The Morgan fingerprint density at radius 2 is 1.73 bits per heavy atom. The van der Waals surface area contributed by atoms with Crippen LogP contribution in [0.4, 0.5) is 0 Å². The highest BCUT2D eigenvalue weighted by Gasteiger charge is 2.43. The molecule has 1 aliphatic heterocycles. The van der Waals surface area contributed by atoms with Crippen molar-refractivity contribution in [1.82, 2.24) is 15.1 Å². The number of nitrogens with zero attached hydrogens (tertiary/aromatic N) is 2. The normalized spacial score (nSPS) is 14.3. The fourth-order valence-corrected chi connectivity index (χ4v) is 5.50. The molecule has 41 heavy (non-hydrogen) atoms. The Kier molecular flexibility index (Phi) is 7.30. The predicted octanol–water partition coefficient (Wildman–Crippen LogP) is 7.42. The minimum Gasteiger partial charge on any atom is -0.507 e. The van der Waals surface area contributed by atoms with Gasteiger partial charge in [-0.1, -0.05) is 77.8 Å². The van der Waals surface area contributed by atoms with Gasteiger partial charge in [-0.25, -0.2) is 0 Å². The van der Waals surface area contributed by atoms with Gasteiger partial charge in [0.15, 0.2) is 11.5 Å². The zero-order valence-corrected chi connectivity index (χ0v) is 23.5. The molecule has 4 aromatic carbocycles. The van der Waals surface area contributed by atoms with E-state index in [4.69, 9.17) is 32.7 Å². The molecule has 0 aliphatic carbocycles. The fraction of sp³-hybridized carbons (Fsp3) is 0.125. The molecule has 5 aromatic rings. The first-order chi connectivity index (χ1) is 19.9. The molecule has 1 aromatic heterocycles. The SMILES string of the molecule is COc1cc(C2c3c(-c4cc(Cl)ccc4O)n[nH]c3C(=O)N2Cc2ccccc2Cl)ccc1OCc1ccccc1. The Balaban J connectivity index is 1.44. The number of hydrogen-bond donors (Lipinski definition) is 2. The fourth-order valence-electron chi connectivity index (χ4n) is 5.13. The van der Waals surface area contributed by atoms with Gasteiger partial charge in [0.1, 0.15) is 23.7 Å². The van der Waals surface area contributed by atoms with Crippen molar-refractivity contribution in [3.63, 3.8) is 0 Å². The van der Waals surface area contributed by atoms with E-state index in [2.05, 4.69) is 10.2 Å². The minimum absolute atomic E-state index is 0.00157. The monoisotopic (exact) mass is 585 g/mol. The maximum Gasteiger partial charge on any atom is 0.273 e. The molecule has 206 valence electrons. The van der Waals surface area contributed by atoms with Crippen LogP contribution in [0.3, 0.4) is 0 Å². The van der Waals surface area contributed by atoms with E-state index in [0.29, 0.717) is 50.7 Å². The van der Waals surface area contributed by atoms with Crippen molar-refractivity contribution in [3.8, 4) is 28.5 Å². The second kappa shape index (κ2) is 11.2. The molecule has 0 radical (unpaired) electrons. The van der Waals surface area contributed by atoms with E-state index in [1.807, 2.05) is 66.7 Å². The minimum atomic E-state index is -0.571. The van der Waals surface area contributed by atoms with Crippen LogP contribution in [0.5, 0.6) is 17.2 Å². The summed E-state index contributed by atoms with van der Waals surface area (Å²) in [6.07, 6.45) is 0. The van der Waals surface area contributed by atoms with Crippen LogP contribution in [-0.4, -0.2) is 33.2 Å². The number of methoxy groups -OCH3 is 1. The molecule has 1 amide bonds. The Bertz CT molecular complexity index is 1740. The van der Waals surface area contributed by atoms with Crippen molar-refractivity contribution in [2.75, 3.05) is 7.11 Å². The molecule has 1 unspecified atom stereocenters. The number of aromatic amines is 1. The number of hydrogen-bond acceptors (Lipinski definition) is 5. The lowest BCUT2D eigenvalue weighted by Crippen LogP contribution is -2.29. The lowest BCUT2D eigenvalue weighted by atomic mass is 9.95.